The zero-order valence-electron chi connectivity index (χ0n) is 9.95. The Bertz CT molecular complexity index is 432. The molecule has 7 heteroatoms. The highest BCUT2D eigenvalue weighted by Gasteiger charge is 2.32. The van der Waals surface area contributed by atoms with E-state index < -0.39 is 23.8 Å². The second-order valence-corrected chi connectivity index (χ2v) is 4.17. The number of pyridine rings is 1. The van der Waals surface area contributed by atoms with Crippen molar-refractivity contribution in [1.29, 1.82) is 0 Å². The molecule has 1 unspecified atom stereocenters. The van der Waals surface area contributed by atoms with Crippen molar-refractivity contribution in [3.05, 3.63) is 23.9 Å². The number of anilines is 1. The highest BCUT2D eigenvalue weighted by molar-refractivity contribution is 5.82. The minimum atomic E-state index is -4.52. The Kier molecular flexibility index (Phi) is 4.15. The molecule has 0 aromatic carbocycles. The van der Waals surface area contributed by atoms with Gasteiger partial charge < -0.3 is 11.1 Å². The van der Waals surface area contributed by atoms with Crippen LogP contribution in [0.4, 0.5) is 19.0 Å². The normalized spacial score (nSPS) is 13.4. The smallest absolute Gasteiger partial charge is 0.368 e. The van der Waals surface area contributed by atoms with Gasteiger partial charge in [-0.05, 0) is 18.1 Å². The molecule has 0 aliphatic rings. The summed E-state index contributed by atoms with van der Waals surface area (Å²) in [5.41, 5.74) is 4.14. The van der Waals surface area contributed by atoms with Crippen LogP contribution in [-0.2, 0) is 11.0 Å². The van der Waals surface area contributed by atoms with E-state index in [1.165, 1.54) is 12.1 Å². The first-order valence-electron chi connectivity index (χ1n) is 5.32. The van der Waals surface area contributed by atoms with Crippen molar-refractivity contribution in [2.75, 3.05) is 5.32 Å². The van der Waals surface area contributed by atoms with Crippen LogP contribution in [0, 0.1) is 5.92 Å². The standard InChI is InChI=1S/C11H14F3N3O/c1-6(2)9(10(15)18)17-8-5-3-4-7(16-8)11(12,13)14/h3-6,9H,1-2H3,(H2,15,18)(H,16,17). The molecule has 1 amide bonds. The molecule has 3 N–H and O–H groups in total. The number of halogens is 3. The Hall–Kier alpha value is -1.79. The highest BCUT2D eigenvalue weighted by Crippen LogP contribution is 2.28. The van der Waals surface area contributed by atoms with Gasteiger partial charge in [0.25, 0.3) is 0 Å². The molecule has 0 bridgehead atoms. The number of amides is 1. The Labute approximate surface area is 102 Å². The summed E-state index contributed by atoms with van der Waals surface area (Å²) in [4.78, 5) is 14.5. The van der Waals surface area contributed by atoms with Crippen LogP contribution in [0.2, 0.25) is 0 Å². The molecule has 4 nitrogen and oxygen atoms in total. The van der Waals surface area contributed by atoms with Gasteiger partial charge in [0.15, 0.2) is 0 Å². The SMILES string of the molecule is CC(C)C(Nc1cccc(C(F)(F)F)n1)C(N)=O. The summed E-state index contributed by atoms with van der Waals surface area (Å²) in [7, 11) is 0. The zero-order valence-corrected chi connectivity index (χ0v) is 9.95. The Morgan fingerprint density at radius 3 is 2.44 bits per heavy atom. The fourth-order valence-electron chi connectivity index (χ4n) is 1.40. The summed E-state index contributed by atoms with van der Waals surface area (Å²) in [5, 5.41) is 2.60. The van der Waals surface area contributed by atoms with Crippen LogP contribution in [0.25, 0.3) is 0 Å². The molecule has 0 saturated carbocycles. The molecule has 0 aliphatic heterocycles. The maximum Gasteiger partial charge on any atom is 0.433 e. The van der Waals surface area contributed by atoms with Crippen molar-refractivity contribution >= 4 is 11.7 Å². The zero-order chi connectivity index (χ0) is 13.9. The second kappa shape index (κ2) is 5.24. The van der Waals surface area contributed by atoms with Gasteiger partial charge in [-0.3, -0.25) is 4.79 Å². The molecule has 1 atom stereocenters. The van der Waals surface area contributed by atoms with Crippen molar-refractivity contribution in [3.8, 4) is 0 Å². The molecule has 18 heavy (non-hydrogen) atoms. The van der Waals surface area contributed by atoms with Crippen LogP contribution in [0.3, 0.4) is 0 Å². The number of aromatic nitrogens is 1. The number of rotatable bonds is 4. The number of primary amides is 1. The number of nitrogens with zero attached hydrogens (tertiary/aromatic N) is 1. The third-order valence-corrected chi connectivity index (χ3v) is 2.32. The van der Waals surface area contributed by atoms with E-state index in [1.807, 2.05) is 0 Å². The van der Waals surface area contributed by atoms with Gasteiger partial charge >= 0.3 is 6.18 Å². The predicted octanol–water partition coefficient (Wildman–Crippen LogP) is 2.02. The third kappa shape index (κ3) is 3.61. The number of nitrogens with two attached hydrogens (primary N) is 1. The van der Waals surface area contributed by atoms with Crippen LogP contribution in [-0.4, -0.2) is 16.9 Å². The van der Waals surface area contributed by atoms with E-state index in [0.717, 1.165) is 6.07 Å². The molecule has 0 fully saturated rings. The molecule has 1 rings (SSSR count). The predicted molar refractivity (Wildman–Crippen MR) is 60.7 cm³/mol. The van der Waals surface area contributed by atoms with Crippen LogP contribution in [0.15, 0.2) is 18.2 Å². The molecule has 0 spiro atoms. The van der Waals surface area contributed by atoms with E-state index in [1.54, 1.807) is 13.8 Å². The van der Waals surface area contributed by atoms with Gasteiger partial charge in [-0.25, -0.2) is 4.98 Å². The van der Waals surface area contributed by atoms with Gasteiger partial charge in [-0.2, -0.15) is 13.2 Å². The lowest BCUT2D eigenvalue weighted by atomic mass is 10.0. The van der Waals surface area contributed by atoms with Gasteiger partial charge in [0, 0.05) is 0 Å². The number of hydrogen-bond donors (Lipinski definition) is 2. The molecule has 1 aromatic rings. The number of carbonyl (C=O) groups excluding carboxylic acids is 1. The summed E-state index contributed by atoms with van der Waals surface area (Å²) in [6.45, 7) is 3.46. The van der Waals surface area contributed by atoms with Gasteiger partial charge in [-0.15, -0.1) is 0 Å². The van der Waals surface area contributed by atoms with Gasteiger partial charge in [0.1, 0.15) is 17.6 Å². The summed E-state index contributed by atoms with van der Waals surface area (Å²) < 4.78 is 37.3. The molecule has 0 saturated heterocycles. The fraction of sp³-hybridized carbons (Fsp3) is 0.455. The van der Waals surface area contributed by atoms with Crippen molar-refractivity contribution in [2.24, 2.45) is 11.7 Å². The minimum absolute atomic E-state index is 0.0256. The maximum atomic E-state index is 12.4. The van der Waals surface area contributed by atoms with Crippen LogP contribution in [0.5, 0.6) is 0 Å². The Morgan fingerprint density at radius 2 is 2.00 bits per heavy atom. The maximum absolute atomic E-state index is 12.4. The number of hydrogen-bond acceptors (Lipinski definition) is 3. The van der Waals surface area contributed by atoms with E-state index in [-0.39, 0.29) is 11.7 Å². The number of alkyl halides is 3. The molecule has 1 heterocycles. The Morgan fingerprint density at radius 1 is 1.39 bits per heavy atom. The van der Waals surface area contributed by atoms with Crippen LogP contribution >= 0.6 is 0 Å². The first-order chi connectivity index (χ1) is 8.21. The lowest BCUT2D eigenvalue weighted by Gasteiger charge is -2.20. The lowest BCUT2D eigenvalue weighted by molar-refractivity contribution is -0.141. The first-order valence-corrected chi connectivity index (χ1v) is 5.32. The fourth-order valence-corrected chi connectivity index (χ4v) is 1.40. The van der Waals surface area contributed by atoms with Crippen molar-refractivity contribution in [2.45, 2.75) is 26.1 Å². The summed E-state index contributed by atoms with van der Waals surface area (Å²) in [6.07, 6.45) is -4.52. The molecule has 0 radical (unpaired) electrons. The quantitative estimate of drug-likeness (QED) is 0.871. The summed E-state index contributed by atoms with van der Waals surface area (Å²) >= 11 is 0. The van der Waals surface area contributed by atoms with Gasteiger partial charge in [-0.1, -0.05) is 19.9 Å². The number of carbonyl (C=O) groups is 1. The number of nitrogens with one attached hydrogen (secondary N) is 1. The topological polar surface area (TPSA) is 68.0 Å². The molecule has 0 aliphatic carbocycles. The van der Waals surface area contributed by atoms with Crippen molar-refractivity contribution < 1.29 is 18.0 Å². The molecular weight excluding hydrogens is 247 g/mol. The third-order valence-electron chi connectivity index (χ3n) is 2.32. The molecular formula is C11H14F3N3O. The minimum Gasteiger partial charge on any atom is -0.368 e. The van der Waals surface area contributed by atoms with Crippen LogP contribution in [0.1, 0.15) is 19.5 Å². The van der Waals surface area contributed by atoms with Crippen molar-refractivity contribution in [3.63, 3.8) is 0 Å². The molecule has 1 aromatic heterocycles. The summed E-state index contributed by atoms with van der Waals surface area (Å²) in [6, 6.07) is 2.67. The van der Waals surface area contributed by atoms with E-state index in [9.17, 15) is 18.0 Å². The summed E-state index contributed by atoms with van der Waals surface area (Å²) in [5.74, 6) is -0.814. The monoisotopic (exact) mass is 261 g/mol. The van der Waals surface area contributed by atoms with Crippen molar-refractivity contribution in [1.82, 2.24) is 4.98 Å². The van der Waals surface area contributed by atoms with Gasteiger partial charge in [0.2, 0.25) is 5.91 Å². The first kappa shape index (κ1) is 14.3. The lowest BCUT2D eigenvalue weighted by Crippen LogP contribution is -2.39. The largest absolute Gasteiger partial charge is 0.433 e. The van der Waals surface area contributed by atoms with E-state index in [2.05, 4.69) is 10.3 Å². The highest BCUT2D eigenvalue weighted by atomic mass is 19.4. The molecule has 100 valence electrons. The van der Waals surface area contributed by atoms with E-state index in [4.69, 9.17) is 5.73 Å². The average molecular weight is 261 g/mol. The van der Waals surface area contributed by atoms with Gasteiger partial charge in [0.05, 0.1) is 0 Å². The second-order valence-electron chi connectivity index (χ2n) is 4.17. The average Bonchev–Trinajstić information content (AvgIpc) is 2.24. The van der Waals surface area contributed by atoms with E-state index in [0.29, 0.717) is 0 Å². The van der Waals surface area contributed by atoms with E-state index >= 15 is 0 Å². The van der Waals surface area contributed by atoms with Crippen LogP contribution < -0.4 is 11.1 Å². The Balaban J connectivity index is 2.94.